The number of halogens is 3. The number of carbonyl (C=O) groups is 1. The van der Waals surface area contributed by atoms with E-state index in [2.05, 4.69) is 10.0 Å². The minimum Gasteiger partial charge on any atom is -0.386 e. The van der Waals surface area contributed by atoms with Gasteiger partial charge in [0.25, 0.3) is 5.91 Å². The summed E-state index contributed by atoms with van der Waals surface area (Å²) in [6.07, 6.45) is -0.174. The number of carbonyl (C=O) groups excluding carboxylic acids is 1. The summed E-state index contributed by atoms with van der Waals surface area (Å²) in [5, 5.41) is 12.6. The van der Waals surface area contributed by atoms with Gasteiger partial charge >= 0.3 is 0 Å². The van der Waals surface area contributed by atoms with Crippen LogP contribution in [-0.4, -0.2) is 43.2 Å². The molecular formula is C17H19Cl2FN2O4S2. The van der Waals surface area contributed by atoms with Gasteiger partial charge in [0.1, 0.15) is 12.8 Å². The van der Waals surface area contributed by atoms with Crippen LogP contribution in [0.4, 0.5) is 4.39 Å². The van der Waals surface area contributed by atoms with Crippen LogP contribution in [0.2, 0.25) is 0 Å². The van der Waals surface area contributed by atoms with Crippen LogP contribution in [0, 0.1) is 0 Å². The number of rotatable bonds is 9. The summed E-state index contributed by atoms with van der Waals surface area (Å²) in [5.41, 5.74) is 1.27. The first-order valence-electron chi connectivity index (χ1n) is 8.07. The van der Waals surface area contributed by atoms with Gasteiger partial charge in [0.15, 0.2) is 4.84 Å². The van der Waals surface area contributed by atoms with Gasteiger partial charge in [-0.05, 0) is 23.3 Å². The fourth-order valence-electron chi connectivity index (χ4n) is 2.35. The Morgan fingerprint density at radius 2 is 1.86 bits per heavy atom. The van der Waals surface area contributed by atoms with Crippen LogP contribution in [0.15, 0.2) is 36.4 Å². The zero-order chi connectivity index (χ0) is 20.9. The molecule has 2 atom stereocenters. The van der Waals surface area contributed by atoms with Crippen LogP contribution < -0.4 is 10.0 Å². The highest BCUT2D eigenvalue weighted by Gasteiger charge is 2.25. The van der Waals surface area contributed by atoms with Crippen LogP contribution >= 0.6 is 34.5 Å². The Bertz CT molecular complexity index is 904. The molecule has 0 radical (unpaired) electrons. The normalized spacial score (nSPS) is 14.1. The highest BCUT2D eigenvalue weighted by Crippen LogP contribution is 2.29. The van der Waals surface area contributed by atoms with E-state index in [9.17, 15) is 22.7 Å². The van der Waals surface area contributed by atoms with Crippen molar-refractivity contribution in [1.82, 2.24) is 10.0 Å². The van der Waals surface area contributed by atoms with Crippen LogP contribution in [0.3, 0.4) is 0 Å². The molecule has 0 bridgehead atoms. The van der Waals surface area contributed by atoms with Gasteiger partial charge in [-0.1, -0.05) is 47.5 Å². The Balaban J connectivity index is 2.08. The standard InChI is InChI=1S/C17H19Cl2FN2O4S2/c1-28(25,26)21-9-12-6-7-14(27-12)10-2-4-11(5-3-10)15(23)13(8-20)22-17(24)16(18)19/h2-7,13,15-16,21,23H,8-9H2,1H3,(H,22,24)/t13-,15+/m1/s1. The topological polar surface area (TPSA) is 95.5 Å². The van der Waals surface area contributed by atoms with E-state index in [-0.39, 0.29) is 6.54 Å². The highest BCUT2D eigenvalue weighted by atomic mass is 35.5. The third-order valence-electron chi connectivity index (χ3n) is 3.78. The minimum atomic E-state index is -3.27. The fourth-order valence-corrected chi connectivity index (χ4v) is 3.94. The number of hydrogen-bond acceptors (Lipinski definition) is 5. The lowest BCUT2D eigenvalue weighted by Crippen LogP contribution is -2.43. The van der Waals surface area contributed by atoms with Gasteiger partial charge in [-0.3, -0.25) is 4.79 Å². The highest BCUT2D eigenvalue weighted by molar-refractivity contribution is 7.88. The predicted octanol–water partition coefficient (Wildman–Crippen LogP) is 2.76. The van der Waals surface area contributed by atoms with E-state index in [1.54, 1.807) is 24.3 Å². The molecule has 0 unspecified atom stereocenters. The molecule has 0 aliphatic rings. The molecule has 0 saturated carbocycles. The third-order valence-corrected chi connectivity index (χ3v) is 5.98. The summed E-state index contributed by atoms with van der Waals surface area (Å²) >= 11 is 12.3. The number of hydrogen-bond donors (Lipinski definition) is 3. The maximum absolute atomic E-state index is 13.2. The number of alkyl halides is 3. The maximum atomic E-state index is 13.2. The molecule has 0 spiro atoms. The van der Waals surface area contributed by atoms with Crippen LogP contribution in [-0.2, 0) is 21.4 Å². The first-order chi connectivity index (χ1) is 13.1. The SMILES string of the molecule is CS(=O)(=O)NCc1ccc(-c2ccc([C@H](O)[C@@H](CF)NC(=O)C(Cl)Cl)cc2)s1. The Labute approximate surface area is 176 Å². The zero-order valence-corrected chi connectivity index (χ0v) is 17.9. The van der Waals surface area contributed by atoms with E-state index in [0.29, 0.717) is 5.56 Å². The van der Waals surface area contributed by atoms with Crippen molar-refractivity contribution in [2.75, 3.05) is 12.9 Å². The zero-order valence-electron chi connectivity index (χ0n) is 14.7. The first-order valence-corrected chi connectivity index (χ1v) is 11.6. The van der Waals surface area contributed by atoms with Crippen LogP contribution in [0.1, 0.15) is 16.5 Å². The van der Waals surface area contributed by atoms with Crippen molar-refractivity contribution >= 4 is 50.5 Å². The van der Waals surface area contributed by atoms with E-state index < -0.39 is 39.6 Å². The lowest BCUT2D eigenvalue weighted by molar-refractivity contribution is -0.121. The first kappa shape index (κ1) is 23.1. The molecule has 2 rings (SSSR count). The van der Waals surface area contributed by atoms with Gasteiger partial charge in [-0.25, -0.2) is 17.5 Å². The van der Waals surface area contributed by atoms with Crippen LogP contribution in [0.25, 0.3) is 10.4 Å². The summed E-state index contributed by atoms with van der Waals surface area (Å²) in [5.74, 6) is -0.782. The summed E-state index contributed by atoms with van der Waals surface area (Å²) in [7, 11) is -3.27. The van der Waals surface area contributed by atoms with Crippen molar-refractivity contribution in [2.24, 2.45) is 0 Å². The number of benzene rings is 1. The molecule has 0 fully saturated rings. The molecular weight excluding hydrogens is 450 g/mol. The average Bonchev–Trinajstić information content (AvgIpc) is 3.12. The van der Waals surface area contributed by atoms with Crippen molar-refractivity contribution in [3.8, 4) is 10.4 Å². The number of aliphatic hydroxyl groups is 1. The number of amides is 1. The Hall–Kier alpha value is -1.23. The molecule has 154 valence electrons. The number of thiophene rings is 1. The van der Waals surface area contributed by atoms with E-state index in [4.69, 9.17) is 23.2 Å². The third kappa shape index (κ3) is 6.68. The van der Waals surface area contributed by atoms with Gasteiger partial charge < -0.3 is 10.4 Å². The number of sulfonamides is 1. The lowest BCUT2D eigenvalue weighted by Gasteiger charge is -2.22. The second-order valence-electron chi connectivity index (χ2n) is 6.00. The average molecular weight is 469 g/mol. The molecule has 0 aliphatic carbocycles. The molecule has 2 aromatic rings. The molecule has 1 amide bonds. The molecule has 28 heavy (non-hydrogen) atoms. The smallest absolute Gasteiger partial charge is 0.253 e. The molecule has 6 nitrogen and oxygen atoms in total. The van der Waals surface area contributed by atoms with Crippen molar-refractivity contribution in [3.05, 3.63) is 46.8 Å². The largest absolute Gasteiger partial charge is 0.386 e. The monoisotopic (exact) mass is 468 g/mol. The van der Waals surface area contributed by atoms with Crippen molar-refractivity contribution in [3.63, 3.8) is 0 Å². The quantitative estimate of drug-likeness (QED) is 0.493. The summed E-state index contributed by atoms with van der Waals surface area (Å²) in [6, 6.07) is 9.27. The molecule has 11 heteroatoms. The van der Waals surface area contributed by atoms with E-state index in [0.717, 1.165) is 21.6 Å². The van der Waals surface area contributed by atoms with Gasteiger partial charge in [0.2, 0.25) is 10.0 Å². The Morgan fingerprint density at radius 1 is 1.21 bits per heavy atom. The molecule has 3 N–H and O–H groups in total. The minimum absolute atomic E-state index is 0.209. The number of aliphatic hydroxyl groups excluding tert-OH is 1. The summed E-state index contributed by atoms with van der Waals surface area (Å²) < 4.78 is 38.0. The molecule has 1 aromatic heterocycles. The molecule has 1 aromatic carbocycles. The molecule has 0 saturated heterocycles. The van der Waals surface area contributed by atoms with Crippen molar-refractivity contribution in [1.29, 1.82) is 0 Å². The lowest BCUT2D eigenvalue weighted by atomic mass is 10.0. The Morgan fingerprint density at radius 3 is 2.39 bits per heavy atom. The van der Waals surface area contributed by atoms with E-state index >= 15 is 0 Å². The summed E-state index contributed by atoms with van der Waals surface area (Å²) in [6.45, 7) is -0.781. The second kappa shape index (κ2) is 10.00. The van der Waals surface area contributed by atoms with E-state index in [1.807, 2.05) is 12.1 Å². The van der Waals surface area contributed by atoms with Crippen LogP contribution in [0.5, 0.6) is 0 Å². The molecule has 1 heterocycles. The summed E-state index contributed by atoms with van der Waals surface area (Å²) in [4.78, 5) is 11.9. The van der Waals surface area contributed by atoms with Crippen molar-refractivity contribution < 1.29 is 22.7 Å². The van der Waals surface area contributed by atoms with Gasteiger partial charge in [0, 0.05) is 16.3 Å². The molecule has 0 aliphatic heterocycles. The van der Waals surface area contributed by atoms with Gasteiger partial charge in [-0.2, -0.15) is 0 Å². The van der Waals surface area contributed by atoms with Gasteiger partial charge in [0.05, 0.1) is 12.3 Å². The fraction of sp³-hybridized carbons (Fsp3) is 0.353. The Kier molecular flexibility index (Phi) is 8.23. The second-order valence-corrected chi connectivity index (χ2v) is 10.1. The van der Waals surface area contributed by atoms with Crippen molar-refractivity contribution in [2.45, 2.75) is 23.5 Å². The number of nitrogens with one attached hydrogen (secondary N) is 2. The van der Waals surface area contributed by atoms with Gasteiger partial charge in [-0.15, -0.1) is 11.3 Å². The van der Waals surface area contributed by atoms with E-state index in [1.165, 1.54) is 11.3 Å². The predicted molar refractivity (Wildman–Crippen MR) is 110 cm³/mol. The maximum Gasteiger partial charge on any atom is 0.253 e.